The molecule has 0 radical (unpaired) electrons. The third kappa shape index (κ3) is 3.13. The summed E-state index contributed by atoms with van der Waals surface area (Å²) in [7, 11) is 0. The normalized spacial score (nSPS) is 19.5. The second kappa shape index (κ2) is 8.31. The lowest BCUT2D eigenvalue weighted by atomic mass is 9.81. The highest BCUT2D eigenvalue weighted by molar-refractivity contribution is 7.85. The average molecular weight is 471 g/mol. The van der Waals surface area contributed by atoms with E-state index < -0.39 is 0 Å². The van der Waals surface area contributed by atoms with Gasteiger partial charge in [0.05, 0.1) is 13.1 Å². The summed E-state index contributed by atoms with van der Waals surface area (Å²) in [5.41, 5.74) is 7.25. The maximum absolute atomic E-state index is 13.4. The minimum atomic E-state index is -0.173. The van der Waals surface area contributed by atoms with E-state index in [-0.39, 0.29) is 11.2 Å². The Hall–Kier alpha value is -3.05. The highest BCUT2D eigenvalue weighted by Gasteiger charge is 2.41. The Balaban J connectivity index is 1.61. The fraction of sp³-hybridized carbons (Fsp3) is 0.310. The molecule has 2 heterocycles. The number of likely N-dealkylation sites (N-methyl/N-ethyl adjacent to an activating group) is 1. The van der Waals surface area contributed by atoms with Gasteiger partial charge in [0.1, 0.15) is 0 Å². The molecule has 0 saturated heterocycles. The number of hydrogen-bond donors (Lipinski definition) is 1. The van der Waals surface area contributed by atoms with E-state index in [2.05, 4.69) is 103 Å². The van der Waals surface area contributed by atoms with Gasteiger partial charge in [-0.05, 0) is 50.6 Å². The van der Waals surface area contributed by atoms with E-state index in [9.17, 15) is 4.79 Å². The molecular formula is C29H32N3OS+. The number of hydrogen-bond acceptors (Lipinski definition) is 3. The second-order valence-corrected chi connectivity index (χ2v) is 9.85. The molecule has 0 fully saturated rings. The number of aromatic nitrogens is 2. The number of imidazole rings is 1. The van der Waals surface area contributed by atoms with Crippen LogP contribution in [0.15, 0.2) is 76.4 Å². The Morgan fingerprint density at radius 3 is 2.35 bits per heavy atom. The van der Waals surface area contributed by atoms with Gasteiger partial charge in [-0.1, -0.05) is 44.2 Å². The minimum Gasteiger partial charge on any atom is -0.344 e. The first-order valence-electron chi connectivity index (χ1n) is 12.1. The molecule has 1 aromatic heterocycles. The van der Waals surface area contributed by atoms with Crippen LogP contribution in [0.4, 0.5) is 5.69 Å². The third-order valence-corrected chi connectivity index (χ3v) is 7.80. The summed E-state index contributed by atoms with van der Waals surface area (Å²) in [6.07, 6.45) is 4.08. The van der Waals surface area contributed by atoms with E-state index in [1.165, 1.54) is 22.3 Å². The van der Waals surface area contributed by atoms with Gasteiger partial charge in [0, 0.05) is 45.5 Å². The van der Waals surface area contributed by atoms with Gasteiger partial charge < -0.3 is 4.90 Å². The van der Waals surface area contributed by atoms with Gasteiger partial charge in [0.25, 0.3) is 5.82 Å². The number of allylic oxidation sites excluding steroid dienone is 4. The molecule has 5 rings (SSSR count). The zero-order chi connectivity index (χ0) is 24.2. The molecule has 4 nitrogen and oxygen atoms in total. The Morgan fingerprint density at radius 2 is 1.68 bits per heavy atom. The number of rotatable bonds is 5. The van der Waals surface area contributed by atoms with Crippen molar-refractivity contribution in [3.8, 4) is 0 Å². The van der Waals surface area contributed by atoms with Crippen LogP contribution in [-0.2, 0) is 23.3 Å². The van der Waals surface area contributed by atoms with E-state index in [1.807, 2.05) is 6.08 Å². The average Bonchev–Trinajstić information content (AvgIpc) is 3.28. The summed E-state index contributed by atoms with van der Waals surface area (Å²) in [5.74, 6) is 1.10. The molecule has 1 aliphatic heterocycles. The monoisotopic (exact) mass is 470 g/mol. The lowest BCUT2D eigenvalue weighted by Gasteiger charge is -2.28. The van der Waals surface area contributed by atoms with Gasteiger partial charge in [0.2, 0.25) is 0 Å². The molecule has 0 saturated carbocycles. The van der Waals surface area contributed by atoms with E-state index in [4.69, 9.17) is 12.6 Å². The van der Waals surface area contributed by atoms with Crippen molar-refractivity contribution < 1.29 is 9.36 Å². The lowest BCUT2D eigenvalue weighted by molar-refractivity contribution is -0.670. The summed E-state index contributed by atoms with van der Waals surface area (Å²) >= 11 is 4.81. The standard InChI is InChI=1S/C29H31N3OS/c1-6-30-22-14-10-9-13-21(22)29(4,5)25(30)17-19-27(33)20(28(19)34)18-26-31(7-2)23-15-11-12-16-24(23)32(26)8-3/h9-18H,6-8H2,1-5H3/p+1. The summed E-state index contributed by atoms with van der Waals surface area (Å²) in [6, 6.07) is 16.9. The van der Waals surface area contributed by atoms with Crippen molar-refractivity contribution in [3.05, 3.63) is 87.7 Å². The molecule has 0 atom stereocenters. The van der Waals surface area contributed by atoms with Gasteiger partial charge in [-0.2, -0.15) is 0 Å². The molecule has 2 aromatic carbocycles. The number of benzene rings is 2. The summed E-state index contributed by atoms with van der Waals surface area (Å²) < 4.78 is 4.54. The molecule has 34 heavy (non-hydrogen) atoms. The summed E-state index contributed by atoms with van der Waals surface area (Å²) in [4.78, 5) is 16.5. The SMILES string of the molecule is CCN1/C(=C/C2=C(S)C(=C/c3n(CC)c4ccccc4[n+]3CC)/C2=O)C(C)(C)c2ccccc21. The van der Waals surface area contributed by atoms with Gasteiger partial charge in [-0.15, -0.1) is 12.6 Å². The number of thiol groups is 1. The number of fused-ring (bicyclic) bond motifs is 2. The Kier molecular flexibility index (Phi) is 5.56. The summed E-state index contributed by atoms with van der Waals surface area (Å²) in [6.45, 7) is 13.4. The number of ketones is 1. The van der Waals surface area contributed by atoms with Crippen molar-refractivity contribution in [2.75, 3.05) is 11.4 Å². The third-order valence-electron chi connectivity index (χ3n) is 7.32. The van der Waals surface area contributed by atoms with Crippen LogP contribution in [0, 0.1) is 0 Å². The molecule has 3 aromatic rings. The van der Waals surface area contributed by atoms with Gasteiger partial charge in [-0.3, -0.25) is 4.79 Å². The number of anilines is 1. The quantitative estimate of drug-likeness (QED) is 0.289. The maximum atomic E-state index is 13.4. The number of carbonyl (C=O) groups is 1. The largest absolute Gasteiger partial charge is 0.344 e. The van der Waals surface area contributed by atoms with E-state index in [0.717, 1.165) is 36.1 Å². The Morgan fingerprint density at radius 1 is 0.971 bits per heavy atom. The summed E-state index contributed by atoms with van der Waals surface area (Å²) in [5, 5.41) is 0. The topological polar surface area (TPSA) is 29.1 Å². The van der Waals surface area contributed by atoms with Crippen molar-refractivity contribution in [2.45, 2.75) is 53.1 Å². The van der Waals surface area contributed by atoms with Crippen LogP contribution in [0.25, 0.3) is 17.1 Å². The highest BCUT2D eigenvalue weighted by atomic mass is 32.1. The molecule has 5 heteroatoms. The molecular weight excluding hydrogens is 438 g/mol. The molecule has 0 spiro atoms. The highest BCUT2D eigenvalue weighted by Crippen LogP contribution is 2.49. The predicted octanol–water partition coefficient (Wildman–Crippen LogP) is 5.82. The van der Waals surface area contributed by atoms with Gasteiger partial charge >= 0.3 is 0 Å². The Labute approximate surface area is 207 Å². The molecule has 0 bridgehead atoms. The van der Waals surface area contributed by atoms with Crippen LogP contribution in [0.2, 0.25) is 0 Å². The second-order valence-electron chi connectivity index (χ2n) is 9.40. The van der Waals surface area contributed by atoms with Crippen LogP contribution in [0.1, 0.15) is 46.0 Å². The molecule has 1 aliphatic carbocycles. The minimum absolute atomic E-state index is 0.0656. The maximum Gasteiger partial charge on any atom is 0.283 e. The molecule has 174 valence electrons. The van der Waals surface area contributed by atoms with Gasteiger partial charge in [-0.25, -0.2) is 9.13 Å². The number of nitrogens with zero attached hydrogens (tertiary/aromatic N) is 3. The van der Waals surface area contributed by atoms with Crippen LogP contribution >= 0.6 is 12.6 Å². The first kappa shape index (κ1) is 22.7. The van der Waals surface area contributed by atoms with Crippen molar-refractivity contribution in [2.24, 2.45) is 0 Å². The van der Waals surface area contributed by atoms with Crippen LogP contribution in [-0.4, -0.2) is 16.9 Å². The van der Waals surface area contributed by atoms with E-state index >= 15 is 0 Å². The van der Waals surface area contributed by atoms with Crippen LogP contribution < -0.4 is 9.47 Å². The lowest BCUT2D eigenvalue weighted by Crippen LogP contribution is -2.36. The fourth-order valence-electron chi connectivity index (χ4n) is 5.55. The van der Waals surface area contributed by atoms with Crippen molar-refractivity contribution in [1.29, 1.82) is 0 Å². The number of aryl methyl sites for hydroxylation is 2. The van der Waals surface area contributed by atoms with Crippen LogP contribution in [0.5, 0.6) is 0 Å². The predicted molar refractivity (Wildman–Crippen MR) is 143 cm³/mol. The van der Waals surface area contributed by atoms with Crippen molar-refractivity contribution in [3.63, 3.8) is 0 Å². The first-order chi connectivity index (χ1) is 16.3. The zero-order valence-electron chi connectivity index (χ0n) is 20.6. The molecule has 0 amide bonds. The molecule has 0 N–H and O–H groups in total. The number of Topliss-reactive ketones (excluding diaryl/α,β-unsaturated/α-hetero) is 1. The van der Waals surface area contributed by atoms with E-state index in [1.54, 1.807) is 0 Å². The number of para-hydroxylation sites is 3. The van der Waals surface area contributed by atoms with Crippen LogP contribution in [0.3, 0.4) is 0 Å². The number of carbonyl (C=O) groups excluding carboxylic acids is 1. The van der Waals surface area contributed by atoms with E-state index in [0.29, 0.717) is 11.1 Å². The van der Waals surface area contributed by atoms with Crippen molar-refractivity contribution in [1.82, 2.24) is 4.57 Å². The first-order valence-corrected chi connectivity index (χ1v) is 12.6. The zero-order valence-corrected chi connectivity index (χ0v) is 21.5. The smallest absolute Gasteiger partial charge is 0.283 e. The van der Waals surface area contributed by atoms with Crippen molar-refractivity contribution >= 4 is 41.2 Å². The van der Waals surface area contributed by atoms with Gasteiger partial charge in [0.15, 0.2) is 16.8 Å². The fourth-order valence-corrected chi connectivity index (χ4v) is 5.88. The Bertz CT molecular complexity index is 1380. The molecule has 0 unspecified atom stereocenters. The molecule has 2 aliphatic rings.